The van der Waals surface area contributed by atoms with Crippen molar-refractivity contribution in [3.63, 3.8) is 0 Å². The van der Waals surface area contributed by atoms with E-state index < -0.39 is 54.6 Å². The number of ether oxygens (including phenoxy) is 6. The lowest BCUT2D eigenvalue weighted by atomic mass is 9.98. The second kappa shape index (κ2) is 11.3. The molecule has 0 aromatic heterocycles. The lowest BCUT2D eigenvalue weighted by Crippen LogP contribution is -2.63. The first kappa shape index (κ1) is 25.6. The molecule has 0 spiro atoms. The molecule has 0 aliphatic carbocycles. The lowest BCUT2D eigenvalue weighted by Gasteiger charge is -2.44. The van der Waals surface area contributed by atoms with Crippen molar-refractivity contribution in [3.05, 3.63) is 28.2 Å². The van der Waals surface area contributed by atoms with Gasteiger partial charge in [0.1, 0.15) is 18.5 Å². The number of hydrogen-bond acceptors (Lipinski definition) is 10. The first-order valence-corrected chi connectivity index (χ1v) is 10.5. The van der Waals surface area contributed by atoms with Crippen LogP contribution in [0.25, 0.3) is 0 Å². The SMILES string of the molecule is CC(=O)OCC1OC(Oc2ccc(Br)cc2C)C(OC(C)=O)C(OC(C)=O)C1OC(C)=O. The average Bonchev–Trinajstić information content (AvgIpc) is 2.65. The van der Waals surface area contributed by atoms with Gasteiger partial charge in [-0.05, 0) is 30.7 Å². The summed E-state index contributed by atoms with van der Waals surface area (Å²) in [5, 5.41) is 0. The van der Waals surface area contributed by atoms with E-state index in [0.29, 0.717) is 5.75 Å². The van der Waals surface area contributed by atoms with Gasteiger partial charge >= 0.3 is 23.9 Å². The number of hydrogen-bond donors (Lipinski definition) is 0. The highest BCUT2D eigenvalue weighted by Crippen LogP contribution is 2.32. The van der Waals surface area contributed by atoms with Crippen LogP contribution in [0.15, 0.2) is 22.7 Å². The van der Waals surface area contributed by atoms with Gasteiger partial charge in [-0.1, -0.05) is 15.9 Å². The van der Waals surface area contributed by atoms with Crippen LogP contribution < -0.4 is 4.74 Å². The van der Waals surface area contributed by atoms with Crippen molar-refractivity contribution in [1.82, 2.24) is 0 Å². The van der Waals surface area contributed by atoms with Crippen LogP contribution in [0.3, 0.4) is 0 Å². The number of esters is 4. The van der Waals surface area contributed by atoms with Gasteiger partial charge in [-0.15, -0.1) is 0 Å². The van der Waals surface area contributed by atoms with Crippen LogP contribution in [-0.2, 0) is 42.9 Å². The highest BCUT2D eigenvalue weighted by atomic mass is 79.9. The number of benzene rings is 1. The van der Waals surface area contributed by atoms with Gasteiger partial charge in [0.25, 0.3) is 0 Å². The van der Waals surface area contributed by atoms with Crippen LogP contribution in [0, 0.1) is 6.92 Å². The van der Waals surface area contributed by atoms with Crippen molar-refractivity contribution in [2.45, 2.75) is 65.3 Å². The lowest BCUT2D eigenvalue weighted by molar-refractivity contribution is -0.288. The summed E-state index contributed by atoms with van der Waals surface area (Å²) in [7, 11) is 0. The molecular formula is C21H25BrO10. The zero-order chi connectivity index (χ0) is 24.0. The van der Waals surface area contributed by atoms with Gasteiger partial charge in [0.15, 0.2) is 12.2 Å². The Kier molecular flexibility index (Phi) is 9.02. The molecule has 176 valence electrons. The Hall–Kier alpha value is -2.66. The average molecular weight is 517 g/mol. The first-order chi connectivity index (χ1) is 15.0. The molecule has 1 heterocycles. The summed E-state index contributed by atoms with van der Waals surface area (Å²) >= 11 is 3.37. The number of carbonyl (C=O) groups is 4. The van der Waals surface area contributed by atoms with Gasteiger partial charge in [0.05, 0.1) is 0 Å². The molecule has 0 radical (unpaired) electrons. The van der Waals surface area contributed by atoms with Crippen LogP contribution in [0.5, 0.6) is 5.75 Å². The van der Waals surface area contributed by atoms with Crippen molar-refractivity contribution in [2.75, 3.05) is 6.61 Å². The monoisotopic (exact) mass is 516 g/mol. The standard InChI is InChI=1S/C21H25BrO10/c1-10-8-15(22)6-7-16(10)31-21-20(30-14(5)26)19(29-13(4)25)18(28-12(3)24)17(32-21)9-27-11(2)23/h6-8,17-21H,9H2,1-5H3. The predicted molar refractivity (Wildman–Crippen MR) is 111 cm³/mol. The second-order valence-corrected chi connectivity index (χ2v) is 8.01. The molecular weight excluding hydrogens is 492 g/mol. The van der Waals surface area contributed by atoms with Gasteiger partial charge in [0, 0.05) is 32.2 Å². The molecule has 32 heavy (non-hydrogen) atoms. The van der Waals surface area contributed by atoms with E-state index in [1.54, 1.807) is 25.1 Å². The van der Waals surface area contributed by atoms with E-state index in [2.05, 4.69) is 15.9 Å². The summed E-state index contributed by atoms with van der Waals surface area (Å²) < 4.78 is 33.8. The van der Waals surface area contributed by atoms with Crippen LogP contribution in [0.2, 0.25) is 0 Å². The molecule has 5 atom stereocenters. The Morgan fingerprint density at radius 3 is 1.97 bits per heavy atom. The maximum absolute atomic E-state index is 11.8. The molecule has 2 rings (SSSR count). The van der Waals surface area contributed by atoms with E-state index in [4.69, 9.17) is 28.4 Å². The van der Waals surface area contributed by atoms with Crippen molar-refractivity contribution in [1.29, 1.82) is 0 Å². The summed E-state index contributed by atoms with van der Waals surface area (Å²) in [6.45, 7) is 6.15. The van der Waals surface area contributed by atoms with E-state index >= 15 is 0 Å². The largest absolute Gasteiger partial charge is 0.463 e. The van der Waals surface area contributed by atoms with E-state index in [-0.39, 0.29) is 6.61 Å². The maximum atomic E-state index is 11.8. The first-order valence-electron chi connectivity index (χ1n) is 9.71. The molecule has 11 heteroatoms. The molecule has 0 bridgehead atoms. The van der Waals surface area contributed by atoms with Gasteiger partial charge < -0.3 is 28.4 Å². The number of halogens is 1. The molecule has 1 aliphatic heterocycles. The summed E-state index contributed by atoms with van der Waals surface area (Å²) in [5.41, 5.74) is 0.743. The number of carbonyl (C=O) groups excluding carboxylic acids is 4. The van der Waals surface area contributed by atoms with Crippen LogP contribution in [0.4, 0.5) is 0 Å². The molecule has 1 fully saturated rings. The van der Waals surface area contributed by atoms with Crippen molar-refractivity contribution >= 4 is 39.8 Å². The third-order valence-corrected chi connectivity index (χ3v) is 4.82. The quantitative estimate of drug-likeness (QED) is 0.393. The third kappa shape index (κ3) is 7.20. The fourth-order valence-corrected chi connectivity index (χ4v) is 3.63. The third-order valence-electron chi connectivity index (χ3n) is 4.33. The molecule has 1 aromatic carbocycles. The summed E-state index contributed by atoms with van der Waals surface area (Å²) in [4.78, 5) is 46.7. The molecule has 1 aromatic rings. The summed E-state index contributed by atoms with van der Waals surface area (Å²) in [6.07, 6.45) is -6.13. The Bertz CT molecular complexity index is 870. The normalized spacial score (nSPS) is 24.8. The van der Waals surface area contributed by atoms with Gasteiger partial charge in [-0.2, -0.15) is 0 Å². The number of rotatable bonds is 7. The minimum absolute atomic E-state index is 0.322. The molecule has 1 aliphatic rings. The second-order valence-electron chi connectivity index (χ2n) is 7.10. The smallest absolute Gasteiger partial charge is 0.303 e. The minimum atomic E-state index is -1.28. The maximum Gasteiger partial charge on any atom is 0.303 e. The highest BCUT2D eigenvalue weighted by Gasteiger charge is 2.53. The molecule has 10 nitrogen and oxygen atoms in total. The van der Waals surface area contributed by atoms with Crippen LogP contribution >= 0.6 is 15.9 Å². The van der Waals surface area contributed by atoms with E-state index in [0.717, 1.165) is 23.9 Å². The van der Waals surface area contributed by atoms with E-state index in [9.17, 15) is 19.2 Å². The van der Waals surface area contributed by atoms with E-state index in [1.807, 2.05) is 0 Å². The highest BCUT2D eigenvalue weighted by molar-refractivity contribution is 9.10. The Balaban J connectivity index is 2.47. The molecule has 1 saturated heterocycles. The van der Waals surface area contributed by atoms with Gasteiger partial charge in [-0.3, -0.25) is 19.2 Å². The van der Waals surface area contributed by atoms with Crippen molar-refractivity contribution < 1.29 is 47.6 Å². The zero-order valence-corrected chi connectivity index (χ0v) is 19.9. The van der Waals surface area contributed by atoms with E-state index in [1.165, 1.54) is 13.8 Å². The van der Waals surface area contributed by atoms with Gasteiger partial charge in [-0.25, -0.2) is 0 Å². The van der Waals surface area contributed by atoms with Crippen molar-refractivity contribution in [3.8, 4) is 5.75 Å². The topological polar surface area (TPSA) is 124 Å². The Labute approximate surface area is 193 Å². The van der Waals surface area contributed by atoms with Gasteiger partial charge in [0.2, 0.25) is 12.4 Å². The summed E-state index contributed by atoms with van der Waals surface area (Å²) in [6, 6.07) is 5.22. The minimum Gasteiger partial charge on any atom is -0.463 e. The Morgan fingerprint density at radius 2 is 1.44 bits per heavy atom. The van der Waals surface area contributed by atoms with Crippen LogP contribution in [-0.4, -0.2) is 61.2 Å². The number of aryl methyl sites for hydroxylation is 1. The molecule has 5 unspecified atom stereocenters. The van der Waals surface area contributed by atoms with Crippen LogP contribution in [0.1, 0.15) is 33.3 Å². The summed E-state index contributed by atoms with van der Waals surface area (Å²) in [5.74, 6) is -2.29. The molecule has 0 saturated carbocycles. The fraction of sp³-hybridized carbons (Fsp3) is 0.524. The fourth-order valence-electron chi connectivity index (χ4n) is 3.15. The molecule has 0 N–H and O–H groups in total. The van der Waals surface area contributed by atoms with Crippen molar-refractivity contribution in [2.24, 2.45) is 0 Å². The molecule has 0 amide bonds. The Morgan fingerprint density at radius 1 is 0.875 bits per heavy atom. The predicted octanol–water partition coefficient (Wildman–Crippen LogP) is 2.22. The zero-order valence-electron chi connectivity index (χ0n) is 18.3.